The van der Waals surface area contributed by atoms with Crippen molar-refractivity contribution in [3.8, 4) is 17.2 Å². The highest BCUT2D eigenvalue weighted by Gasteiger charge is 2.40. The molecule has 1 aliphatic carbocycles. The van der Waals surface area contributed by atoms with Crippen molar-refractivity contribution < 1.29 is 14.2 Å². The summed E-state index contributed by atoms with van der Waals surface area (Å²) in [5.74, 6) is 2.41. The molecule has 142 valence electrons. The molecule has 1 aliphatic heterocycles. The number of fused-ring (bicyclic) bond motifs is 3. The molecule has 0 amide bonds. The molecule has 6 heteroatoms. The van der Waals surface area contributed by atoms with Crippen molar-refractivity contribution in [1.29, 1.82) is 0 Å². The number of hydrogen-bond acceptors (Lipinski definition) is 4. The van der Waals surface area contributed by atoms with Gasteiger partial charge in [-0.2, -0.15) is 0 Å². The number of benzene rings is 2. The fourth-order valence-electron chi connectivity index (χ4n) is 4.24. The van der Waals surface area contributed by atoms with Crippen molar-refractivity contribution in [3.05, 3.63) is 57.6 Å². The van der Waals surface area contributed by atoms with Crippen LogP contribution in [0.25, 0.3) is 0 Å². The standard InChI is InChI=1S/C21H21Cl2NO3/c1-25-16-9-11(10-17(26-2)21(16)27-3)19-13-6-4-5-12(13)18-14(22)7-8-15(23)20(18)24-19/h4-5,7-10,12-13,19,24H,6H2,1-3H3/t12-,13+,19+/m1/s1. The molecule has 0 aromatic heterocycles. The first kappa shape index (κ1) is 18.3. The Bertz CT molecular complexity index is 888. The fraction of sp³-hybridized carbons (Fsp3) is 0.333. The van der Waals surface area contributed by atoms with Crippen LogP contribution in [0.2, 0.25) is 10.0 Å². The van der Waals surface area contributed by atoms with Crippen LogP contribution < -0.4 is 19.5 Å². The Morgan fingerprint density at radius 3 is 2.26 bits per heavy atom. The molecule has 27 heavy (non-hydrogen) atoms. The zero-order chi connectivity index (χ0) is 19.1. The summed E-state index contributed by atoms with van der Waals surface area (Å²) in [6, 6.07) is 7.74. The predicted octanol–water partition coefficient (Wildman–Crippen LogP) is 5.85. The van der Waals surface area contributed by atoms with Crippen molar-refractivity contribution in [2.24, 2.45) is 5.92 Å². The van der Waals surface area contributed by atoms with E-state index < -0.39 is 0 Å². The number of anilines is 1. The molecule has 1 heterocycles. The molecule has 0 fully saturated rings. The SMILES string of the molecule is COc1cc([C@@H]2Nc3c(Cl)ccc(Cl)c3[C@@H]3C=CC[C@@H]32)cc(OC)c1OC. The summed E-state index contributed by atoms with van der Waals surface area (Å²) >= 11 is 13.0. The molecule has 2 aliphatic rings. The fourth-order valence-corrected chi connectivity index (χ4v) is 4.74. The molecule has 0 unspecified atom stereocenters. The average molecular weight is 406 g/mol. The van der Waals surface area contributed by atoms with Crippen molar-refractivity contribution >= 4 is 28.9 Å². The zero-order valence-electron chi connectivity index (χ0n) is 15.4. The molecule has 0 saturated carbocycles. The van der Waals surface area contributed by atoms with Crippen LogP contribution >= 0.6 is 23.2 Å². The monoisotopic (exact) mass is 405 g/mol. The second kappa shape index (κ2) is 7.17. The van der Waals surface area contributed by atoms with E-state index in [-0.39, 0.29) is 12.0 Å². The Hall–Kier alpha value is -2.04. The maximum Gasteiger partial charge on any atom is 0.203 e. The number of ether oxygens (including phenoxy) is 3. The van der Waals surface area contributed by atoms with E-state index >= 15 is 0 Å². The van der Waals surface area contributed by atoms with Gasteiger partial charge in [0.15, 0.2) is 11.5 Å². The van der Waals surface area contributed by atoms with Crippen LogP contribution in [0.15, 0.2) is 36.4 Å². The first-order valence-electron chi connectivity index (χ1n) is 8.80. The van der Waals surface area contributed by atoms with Gasteiger partial charge < -0.3 is 19.5 Å². The predicted molar refractivity (Wildman–Crippen MR) is 109 cm³/mol. The van der Waals surface area contributed by atoms with E-state index in [0.29, 0.717) is 28.2 Å². The Morgan fingerprint density at radius 1 is 0.963 bits per heavy atom. The van der Waals surface area contributed by atoms with Crippen LogP contribution in [0.4, 0.5) is 5.69 Å². The Morgan fingerprint density at radius 2 is 1.63 bits per heavy atom. The Balaban J connectivity index is 1.85. The molecule has 0 spiro atoms. The molecule has 3 atom stereocenters. The first-order chi connectivity index (χ1) is 13.1. The number of nitrogens with one attached hydrogen (secondary N) is 1. The van der Waals surface area contributed by atoms with E-state index in [4.69, 9.17) is 37.4 Å². The normalized spacial score (nSPS) is 22.6. The van der Waals surface area contributed by atoms with Crippen molar-refractivity contribution in [2.45, 2.75) is 18.4 Å². The Kier molecular flexibility index (Phi) is 4.87. The number of halogens is 2. The molecule has 4 nitrogen and oxygen atoms in total. The van der Waals surface area contributed by atoms with Gasteiger partial charge in [-0.25, -0.2) is 0 Å². The third kappa shape index (κ3) is 2.91. The van der Waals surface area contributed by atoms with Gasteiger partial charge in [0.2, 0.25) is 5.75 Å². The molecule has 4 rings (SSSR count). The summed E-state index contributed by atoms with van der Waals surface area (Å²) in [5.41, 5.74) is 3.03. The quantitative estimate of drug-likeness (QED) is 0.647. The minimum Gasteiger partial charge on any atom is -0.493 e. The van der Waals surface area contributed by atoms with Crippen LogP contribution in [0.3, 0.4) is 0 Å². The van der Waals surface area contributed by atoms with E-state index in [2.05, 4.69) is 17.5 Å². The molecular formula is C21H21Cl2NO3. The van der Waals surface area contributed by atoms with Gasteiger partial charge in [0.1, 0.15) is 0 Å². The van der Waals surface area contributed by atoms with Gasteiger partial charge in [-0.1, -0.05) is 35.4 Å². The highest BCUT2D eigenvalue weighted by molar-refractivity contribution is 6.36. The zero-order valence-corrected chi connectivity index (χ0v) is 16.9. The third-order valence-electron chi connectivity index (χ3n) is 5.46. The van der Waals surface area contributed by atoms with Crippen molar-refractivity contribution in [3.63, 3.8) is 0 Å². The topological polar surface area (TPSA) is 39.7 Å². The lowest BCUT2D eigenvalue weighted by Crippen LogP contribution is -2.29. The summed E-state index contributed by atoms with van der Waals surface area (Å²) in [4.78, 5) is 0. The molecule has 1 N–H and O–H groups in total. The number of allylic oxidation sites excluding steroid dienone is 2. The molecule has 2 aromatic carbocycles. The summed E-state index contributed by atoms with van der Waals surface area (Å²) < 4.78 is 16.5. The molecular weight excluding hydrogens is 385 g/mol. The lowest BCUT2D eigenvalue weighted by Gasteiger charge is -2.38. The highest BCUT2D eigenvalue weighted by Crippen LogP contribution is 2.54. The van der Waals surface area contributed by atoms with Crippen molar-refractivity contribution in [1.82, 2.24) is 0 Å². The third-order valence-corrected chi connectivity index (χ3v) is 6.11. The second-order valence-electron chi connectivity index (χ2n) is 6.75. The van der Waals surface area contributed by atoms with Gasteiger partial charge in [-0.05, 0) is 42.2 Å². The average Bonchev–Trinajstić information content (AvgIpc) is 3.18. The molecule has 2 aromatic rings. The minimum atomic E-state index is 0.0437. The van der Waals surface area contributed by atoms with Gasteiger partial charge in [0.05, 0.1) is 38.1 Å². The van der Waals surface area contributed by atoms with Crippen LogP contribution in [0.5, 0.6) is 17.2 Å². The minimum absolute atomic E-state index is 0.0437. The first-order valence-corrected chi connectivity index (χ1v) is 9.55. The van der Waals surface area contributed by atoms with Gasteiger partial charge in [0, 0.05) is 16.5 Å². The van der Waals surface area contributed by atoms with Crippen LogP contribution in [0, 0.1) is 5.92 Å². The number of rotatable bonds is 4. The lowest BCUT2D eigenvalue weighted by molar-refractivity contribution is 0.322. The van der Waals surface area contributed by atoms with Crippen LogP contribution in [0.1, 0.15) is 29.5 Å². The molecule has 0 bridgehead atoms. The Labute approximate surface area is 169 Å². The van der Waals surface area contributed by atoms with Gasteiger partial charge in [-0.3, -0.25) is 0 Å². The van der Waals surface area contributed by atoms with Crippen LogP contribution in [-0.2, 0) is 0 Å². The van der Waals surface area contributed by atoms with E-state index in [0.717, 1.165) is 28.3 Å². The summed E-state index contributed by atoms with van der Waals surface area (Å²) in [6.45, 7) is 0. The van der Waals surface area contributed by atoms with E-state index in [1.54, 1.807) is 21.3 Å². The van der Waals surface area contributed by atoms with Gasteiger partial charge in [-0.15, -0.1) is 0 Å². The van der Waals surface area contributed by atoms with Crippen LogP contribution in [-0.4, -0.2) is 21.3 Å². The van der Waals surface area contributed by atoms with Gasteiger partial charge >= 0.3 is 0 Å². The van der Waals surface area contributed by atoms with E-state index in [9.17, 15) is 0 Å². The smallest absolute Gasteiger partial charge is 0.203 e. The highest BCUT2D eigenvalue weighted by atomic mass is 35.5. The van der Waals surface area contributed by atoms with Gasteiger partial charge in [0.25, 0.3) is 0 Å². The molecule has 0 saturated heterocycles. The maximum atomic E-state index is 6.52. The summed E-state index contributed by atoms with van der Waals surface area (Å²) in [5, 5.41) is 5.04. The van der Waals surface area contributed by atoms with E-state index in [1.807, 2.05) is 24.3 Å². The second-order valence-corrected chi connectivity index (χ2v) is 7.57. The lowest BCUT2D eigenvalue weighted by atomic mass is 9.77. The summed E-state index contributed by atoms with van der Waals surface area (Å²) in [7, 11) is 4.86. The number of hydrogen-bond donors (Lipinski definition) is 1. The largest absolute Gasteiger partial charge is 0.493 e. The molecule has 0 radical (unpaired) electrons. The maximum absolute atomic E-state index is 6.52. The van der Waals surface area contributed by atoms with E-state index in [1.165, 1.54) is 0 Å². The summed E-state index contributed by atoms with van der Waals surface area (Å²) in [6.07, 6.45) is 5.41. The van der Waals surface area contributed by atoms with Crippen molar-refractivity contribution in [2.75, 3.05) is 26.6 Å². The number of methoxy groups -OCH3 is 3.